The fourth-order valence-corrected chi connectivity index (χ4v) is 2.10. The lowest BCUT2D eigenvalue weighted by molar-refractivity contribution is 1.26. The van der Waals surface area contributed by atoms with Gasteiger partial charge in [-0.25, -0.2) is 0 Å². The van der Waals surface area contributed by atoms with Crippen molar-refractivity contribution in [3.63, 3.8) is 0 Å². The van der Waals surface area contributed by atoms with Crippen molar-refractivity contribution >= 4 is 29.1 Å². The van der Waals surface area contributed by atoms with Crippen molar-refractivity contribution in [3.05, 3.63) is 58.1 Å². The molecule has 0 saturated heterocycles. The van der Waals surface area contributed by atoms with Crippen LogP contribution in [0, 0.1) is 0 Å². The van der Waals surface area contributed by atoms with E-state index in [2.05, 4.69) is 53.7 Å². The molecule has 2 heteroatoms. The van der Waals surface area contributed by atoms with Crippen molar-refractivity contribution in [1.29, 1.82) is 0 Å². The zero-order chi connectivity index (χ0) is 12.1. The Morgan fingerprint density at radius 3 is 2.88 bits per heavy atom. The molecule has 2 heterocycles. The van der Waals surface area contributed by atoms with Crippen LogP contribution in [-0.4, -0.2) is 4.98 Å². The third-order valence-corrected chi connectivity index (χ3v) is 3.44. The van der Waals surface area contributed by atoms with Crippen LogP contribution in [-0.2, 0) is 0 Å². The fraction of sp³-hybridized carbons (Fsp3) is 0.133. The van der Waals surface area contributed by atoms with Gasteiger partial charge in [0.25, 0.3) is 0 Å². The van der Waals surface area contributed by atoms with Crippen LogP contribution < -0.4 is 0 Å². The van der Waals surface area contributed by atoms with Gasteiger partial charge in [0.05, 0.1) is 5.69 Å². The molecule has 2 rings (SSSR count). The maximum atomic E-state index is 4.36. The zero-order valence-electron chi connectivity index (χ0n) is 10.1. The molecule has 2 aromatic heterocycles. The van der Waals surface area contributed by atoms with Crippen molar-refractivity contribution in [3.8, 4) is 0 Å². The van der Waals surface area contributed by atoms with Crippen LogP contribution in [0.1, 0.15) is 30.0 Å². The second-order valence-electron chi connectivity index (χ2n) is 3.79. The summed E-state index contributed by atoms with van der Waals surface area (Å²) in [5, 5.41) is 2.08. The van der Waals surface area contributed by atoms with Crippen LogP contribution in [0.2, 0.25) is 0 Å². The monoisotopic (exact) mass is 241 g/mol. The van der Waals surface area contributed by atoms with Gasteiger partial charge < -0.3 is 0 Å². The molecule has 0 aliphatic carbocycles. The molecule has 0 fully saturated rings. The van der Waals surface area contributed by atoms with Crippen molar-refractivity contribution in [2.45, 2.75) is 13.8 Å². The summed E-state index contributed by atoms with van der Waals surface area (Å²) in [7, 11) is 0. The molecule has 0 aliphatic rings. The Kier molecular flexibility index (Phi) is 3.89. The lowest BCUT2D eigenvalue weighted by atomic mass is 10.1. The molecule has 2 aromatic rings. The largest absolute Gasteiger partial charge is 0.257 e. The summed E-state index contributed by atoms with van der Waals surface area (Å²) in [5.41, 5.74) is 3.43. The molecule has 0 aliphatic heterocycles. The van der Waals surface area contributed by atoms with Crippen molar-refractivity contribution in [1.82, 2.24) is 4.98 Å². The minimum absolute atomic E-state index is 1.04. The average molecular weight is 241 g/mol. The number of thiophene rings is 1. The molecule has 86 valence electrons. The van der Waals surface area contributed by atoms with E-state index < -0.39 is 0 Å². The summed E-state index contributed by atoms with van der Waals surface area (Å²) in [6.45, 7) is 4.11. The zero-order valence-corrected chi connectivity index (χ0v) is 10.9. The summed E-state index contributed by atoms with van der Waals surface area (Å²) in [6.07, 6.45) is 8.19. The molecule has 0 N–H and O–H groups in total. The normalized spacial score (nSPS) is 12.2. The molecule has 0 spiro atoms. The standard InChI is InChI=1S/C15H15NS/c1-3-12(2)15-11-13(8-9-16-15)6-7-14-5-4-10-17-14/h3-11H,1-2H3/b7-6+,12-3+. The van der Waals surface area contributed by atoms with Gasteiger partial charge in [-0.2, -0.15) is 0 Å². The van der Waals surface area contributed by atoms with Crippen LogP contribution in [0.4, 0.5) is 0 Å². The van der Waals surface area contributed by atoms with Crippen LogP contribution >= 0.6 is 11.3 Å². The number of aromatic nitrogens is 1. The van der Waals surface area contributed by atoms with Gasteiger partial charge in [-0.15, -0.1) is 11.3 Å². The Bertz CT molecular complexity index is 536. The number of hydrogen-bond acceptors (Lipinski definition) is 2. The van der Waals surface area contributed by atoms with E-state index in [1.54, 1.807) is 11.3 Å². The molecule has 1 nitrogen and oxygen atoms in total. The molecule has 0 aromatic carbocycles. The summed E-state index contributed by atoms with van der Waals surface area (Å²) >= 11 is 1.74. The topological polar surface area (TPSA) is 12.9 Å². The van der Waals surface area contributed by atoms with Crippen LogP contribution in [0.5, 0.6) is 0 Å². The van der Waals surface area contributed by atoms with Crippen LogP contribution in [0.3, 0.4) is 0 Å². The first-order valence-electron chi connectivity index (χ1n) is 5.60. The van der Waals surface area contributed by atoms with Gasteiger partial charge in [0.15, 0.2) is 0 Å². The smallest absolute Gasteiger partial charge is 0.0661 e. The van der Waals surface area contributed by atoms with E-state index in [0.717, 1.165) is 5.69 Å². The molecular weight excluding hydrogens is 226 g/mol. The van der Waals surface area contributed by atoms with Crippen molar-refractivity contribution < 1.29 is 0 Å². The van der Waals surface area contributed by atoms with Gasteiger partial charge >= 0.3 is 0 Å². The van der Waals surface area contributed by atoms with E-state index in [0.29, 0.717) is 0 Å². The Morgan fingerprint density at radius 1 is 1.29 bits per heavy atom. The molecule has 0 saturated carbocycles. The Morgan fingerprint density at radius 2 is 2.18 bits per heavy atom. The molecule has 0 bridgehead atoms. The maximum absolute atomic E-state index is 4.36. The van der Waals surface area contributed by atoms with E-state index in [1.165, 1.54) is 16.0 Å². The van der Waals surface area contributed by atoms with Gasteiger partial charge in [0.2, 0.25) is 0 Å². The predicted octanol–water partition coefficient (Wildman–Crippen LogP) is 4.74. The first-order valence-corrected chi connectivity index (χ1v) is 6.48. The fourth-order valence-electron chi connectivity index (χ4n) is 1.48. The molecule has 0 radical (unpaired) electrons. The van der Waals surface area contributed by atoms with Gasteiger partial charge in [-0.3, -0.25) is 4.98 Å². The highest BCUT2D eigenvalue weighted by Crippen LogP contribution is 2.16. The van der Waals surface area contributed by atoms with E-state index in [-0.39, 0.29) is 0 Å². The number of allylic oxidation sites excluding steroid dienone is 2. The molecule has 0 unspecified atom stereocenters. The maximum Gasteiger partial charge on any atom is 0.0661 e. The summed E-state index contributed by atoms with van der Waals surface area (Å²) in [5.74, 6) is 0. The van der Waals surface area contributed by atoms with Gasteiger partial charge in [0.1, 0.15) is 0 Å². The minimum Gasteiger partial charge on any atom is -0.257 e. The van der Waals surface area contributed by atoms with E-state index in [1.807, 2.05) is 19.2 Å². The Hall–Kier alpha value is -1.67. The highest BCUT2D eigenvalue weighted by Gasteiger charge is 1.96. The SMILES string of the molecule is C/C=C(\C)c1cc(/C=C/c2cccs2)ccn1. The summed E-state index contributed by atoms with van der Waals surface area (Å²) in [4.78, 5) is 5.63. The number of hydrogen-bond donors (Lipinski definition) is 0. The highest BCUT2D eigenvalue weighted by molar-refractivity contribution is 7.10. The average Bonchev–Trinajstić information content (AvgIpc) is 2.89. The van der Waals surface area contributed by atoms with Crippen molar-refractivity contribution in [2.75, 3.05) is 0 Å². The molecule has 0 amide bonds. The van der Waals surface area contributed by atoms with E-state index in [9.17, 15) is 0 Å². The number of pyridine rings is 1. The van der Waals surface area contributed by atoms with Gasteiger partial charge in [-0.1, -0.05) is 18.2 Å². The third-order valence-electron chi connectivity index (χ3n) is 2.60. The van der Waals surface area contributed by atoms with Gasteiger partial charge in [-0.05, 0) is 54.6 Å². The summed E-state index contributed by atoms with van der Waals surface area (Å²) < 4.78 is 0. The van der Waals surface area contributed by atoms with Crippen LogP contribution in [0.25, 0.3) is 17.7 Å². The second-order valence-corrected chi connectivity index (χ2v) is 4.77. The van der Waals surface area contributed by atoms with Crippen molar-refractivity contribution in [2.24, 2.45) is 0 Å². The Balaban J connectivity index is 2.22. The van der Waals surface area contributed by atoms with E-state index in [4.69, 9.17) is 0 Å². The number of nitrogens with zero attached hydrogens (tertiary/aromatic N) is 1. The second kappa shape index (κ2) is 5.60. The molecule has 0 atom stereocenters. The first-order chi connectivity index (χ1) is 8.29. The Labute approximate surface area is 106 Å². The van der Waals surface area contributed by atoms with Gasteiger partial charge in [0, 0.05) is 11.1 Å². The minimum atomic E-state index is 1.04. The summed E-state index contributed by atoms with van der Waals surface area (Å²) in [6, 6.07) is 8.31. The molecule has 17 heavy (non-hydrogen) atoms. The predicted molar refractivity (Wildman–Crippen MR) is 76.8 cm³/mol. The third kappa shape index (κ3) is 3.14. The lowest BCUT2D eigenvalue weighted by Gasteiger charge is -2.00. The van der Waals surface area contributed by atoms with Crippen LogP contribution in [0.15, 0.2) is 41.9 Å². The highest BCUT2D eigenvalue weighted by atomic mass is 32.1. The molecular formula is C15H15NS. The van der Waals surface area contributed by atoms with E-state index >= 15 is 0 Å². The quantitative estimate of drug-likeness (QED) is 0.756. The number of rotatable bonds is 3. The first kappa shape index (κ1) is 11.8. The lowest BCUT2D eigenvalue weighted by Crippen LogP contribution is -1.85.